The fourth-order valence-corrected chi connectivity index (χ4v) is 3.85. The average molecular weight is 375 g/mol. The number of carboxylic acid groups (broad SMARTS) is 1. The Bertz CT molecular complexity index is 811. The molecule has 0 saturated carbocycles. The van der Waals surface area contributed by atoms with Crippen LogP contribution in [-0.4, -0.2) is 38.7 Å². The second-order valence-electron chi connectivity index (χ2n) is 5.52. The van der Waals surface area contributed by atoms with Crippen LogP contribution in [-0.2, 0) is 16.5 Å². The van der Waals surface area contributed by atoms with Crippen molar-refractivity contribution < 1.29 is 33.4 Å². The molecule has 0 saturated heterocycles. The lowest BCUT2D eigenvalue weighted by Gasteiger charge is -2.30. The van der Waals surface area contributed by atoms with Crippen molar-refractivity contribution in [1.82, 2.24) is 4.47 Å². The Morgan fingerprint density at radius 3 is 2.64 bits per heavy atom. The van der Waals surface area contributed by atoms with Gasteiger partial charge in [-0.1, -0.05) is 0 Å². The second-order valence-corrected chi connectivity index (χ2v) is 6.48. The number of benzene rings is 1. The van der Waals surface area contributed by atoms with Gasteiger partial charge in [-0.15, -0.1) is 4.47 Å². The first-order valence-electron chi connectivity index (χ1n) is 6.90. The molecule has 0 fully saturated rings. The lowest BCUT2D eigenvalue weighted by Crippen LogP contribution is -2.43. The van der Waals surface area contributed by atoms with Crippen LogP contribution in [0, 0.1) is 0 Å². The van der Waals surface area contributed by atoms with E-state index in [-0.39, 0.29) is 16.0 Å². The van der Waals surface area contributed by atoms with Crippen LogP contribution >= 0.6 is 11.9 Å². The van der Waals surface area contributed by atoms with E-state index in [2.05, 4.69) is 4.99 Å². The highest BCUT2D eigenvalue weighted by Crippen LogP contribution is 2.56. The van der Waals surface area contributed by atoms with Gasteiger partial charge >= 0.3 is 12.1 Å². The summed E-state index contributed by atoms with van der Waals surface area (Å²) in [6.45, 7) is 0.792. The second kappa shape index (κ2) is 5.64. The number of hydroxylamine groups is 1. The van der Waals surface area contributed by atoms with Crippen molar-refractivity contribution in [2.75, 3.05) is 11.6 Å². The highest BCUT2D eigenvalue weighted by atomic mass is 32.2. The molecule has 0 aromatic heterocycles. The molecular weight excluding hydrogens is 363 g/mol. The first kappa shape index (κ1) is 17.6. The first-order chi connectivity index (χ1) is 11.6. The SMILES string of the molecule is CC1(C(=O)O)c2c(cc(O)c(N3C=CC=NC3)c2C(F)(F)F)SN1O. The zero-order valence-corrected chi connectivity index (χ0v) is 13.5. The minimum Gasteiger partial charge on any atom is -0.506 e. The number of aromatic hydroxyl groups is 1. The Morgan fingerprint density at radius 1 is 1.44 bits per heavy atom. The standard InChI is InChI=1S/C14H12F3N3O4S/c1-13(12(22)23)9-8(25-20(13)24)5-7(21)11(10(9)14(15,16)17)19-4-2-3-18-6-19/h2-5,21,24H,6H2,1H3,(H,22,23). The number of aliphatic imine (C=N–C) groups is 1. The smallest absolute Gasteiger partial charge is 0.418 e. The van der Waals surface area contributed by atoms with E-state index >= 15 is 0 Å². The Hall–Kier alpha value is -2.24. The van der Waals surface area contributed by atoms with Crippen molar-refractivity contribution in [1.29, 1.82) is 0 Å². The van der Waals surface area contributed by atoms with Gasteiger partial charge in [0, 0.05) is 22.9 Å². The maximum Gasteiger partial charge on any atom is 0.418 e. The van der Waals surface area contributed by atoms with E-state index in [9.17, 15) is 33.4 Å². The highest BCUT2D eigenvalue weighted by Gasteiger charge is 2.55. The molecule has 0 spiro atoms. The number of carboxylic acids is 1. The van der Waals surface area contributed by atoms with Gasteiger partial charge in [0.2, 0.25) is 0 Å². The summed E-state index contributed by atoms with van der Waals surface area (Å²) >= 11 is 0.408. The summed E-state index contributed by atoms with van der Waals surface area (Å²) in [6.07, 6.45) is -0.906. The molecule has 3 rings (SSSR count). The van der Waals surface area contributed by atoms with Gasteiger partial charge in [-0.05, 0) is 31.0 Å². The first-order valence-corrected chi connectivity index (χ1v) is 7.67. The molecule has 0 radical (unpaired) electrons. The van der Waals surface area contributed by atoms with E-state index < -0.39 is 40.2 Å². The number of allylic oxidation sites excluding steroid dienone is 1. The number of phenols is 1. The molecule has 1 aromatic rings. The Labute approximate surface area is 143 Å². The maximum atomic E-state index is 13.9. The van der Waals surface area contributed by atoms with E-state index in [4.69, 9.17) is 0 Å². The monoisotopic (exact) mass is 375 g/mol. The quantitative estimate of drug-likeness (QED) is 0.684. The predicted molar refractivity (Wildman–Crippen MR) is 82.6 cm³/mol. The largest absolute Gasteiger partial charge is 0.506 e. The van der Waals surface area contributed by atoms with E-state index in [1.54, 1.807) is 0 Å². The number of rotatable bonds is 2. The number of hydrogen-bond donors (Lipinski definition) is 3. The van der Waals surface area contributed by atoms with Crippen molar-refractivity contribution in [3.63, 3.8) is 0 Å². The number of aliphatic carboxylic acids is 1. The number of hydrogen-bond acceptors (Lipinski definition) is 7. The average Bonchev–Trinajstić information content (AvgIpc) is 2.77. The number of alkyl halides is 3. The Balaban J connectivity index is 2.37. The van der Waals surface area contributed by atoms with Crippen LogP contribution in [0.25, 0.3) is 0 Å². The van der Waals surface area contributed by atoms with Crippen molar-refractivity contribution >= 4 is 29.8 Å². The van der Waals surface area contributed by atoms with Crippen LogP contribution in [0.4, 0.5) is 18.9 Å². The molecule has 1 aromatic carbocycles. The van der Waals surface area contributed by atoms with Gasteiger partial charge in [0.15, 0.2) is 5.54 Å². The van der Waals surface area contributed by atoms with Crippen LogP contribution in [0.3, 0.4) is 0 Å². The molecule has 11 heteroatoms. The van der Waals surface area contributed by atoms with Crippen molar-refractivity contribution in [2.45, 2.75) is 23.5 Å². The van der Waals surface area contributed by atoms with Gasteiger partial charge in [0.25, 0.3) is 0 Å². The van der Waals surface area contributed by atoms with Crippen LogP contribution in [0.2, 0.25) is 0 Å². The molecule has 2 heterocycles. The number of nitrogens with zero attached hydrogens (tertiary/aromatic N) is 3. The number of phenolic OH excluding ortho intramolecular Hbond substituents is 1. The molecule has 134 valence electrons. The van der Waals surface area contributed by atoms with E-state index in [1.165, 1.54) is 18.5 Å². The number of carbonyl (C=O) groups is 1. The Kier molecular flexibility index (Phi) is 3.97. The summed E-state index contributed by atoms with van der Waals surface area (Å²) in [5.74, 6) is -2.35. The van der Waals surface area contributed by atoms with Gasteiger partial charge in [0.1, 0.15) is 12.4 Å². The van der Waals surface area contributed by atoms with Gasteiger partial charge in [-0.25, -0.2) is 4.79 Å². The van der Waals surface area contributed by atoms with Crippen LogP contribution < -0.4 is 4.90 Å². The fraction of sp³-hybridized carbons (Fsp3) is 0.286. The number of anilines is 1. The molecular formula is C14H12F3N3O4S. The maximum absolute atomic E-state index is 13.9. The molecule has 3 N–H and O–H groups in total. The summed E-state index contributed by atoms with van der Waals surface area (Å²) in [5, 5.41) is 29.6. The summed E-state index contributed by atoms with van der Waals surface area (Å²) < 4.78 is 41.8. The highest BCUT2D eigenvalue weighted by molar-refractivity contribution is 7.97. The molecule has 1 unspecified atom stereocenters. The molecule has 0 amide bonds. The molecule has 25 heavy (non-hydrogen) atoms. The third kappa shape index (κ3) is 2.55. The summed E-state index contributed by atoms with van der Waals surface area (Å²) in [6, 6.07) is 1.01. The van der Waals surface area contributed by atoms with Crippen LogP contribution in [0.15, 0.2) is 28.2 Å². The molecule has 2 aliphatic rings. The van der Waals surface area contributed by atoms with Gasteiger partial charge in [-0.3, -0.25) is 4.99 Å². The zero-order chi connectivity index (χ0) is 18.6. The lowest BCUT2D eigenvalue weighted by atomic mass is 9.87. The minimum atomic E-state index is -4.98. The van der Waals surface area contributed by atoms with Gasteiger partial charge in [0.05, 0.1) is 11.3 Å². The van der Waals surface area contributed by atoms with E-state index in [0.29, 0.717) is 11.9 Å². The predicted octanol–water partition coefficient (Wildman–Crippen LogP) is 2.78. The third-order valence-electron chi connectivity index (χ3n) is 3.98. The zero-order valence-electron chi connectivity index (χ0n) is 12.7. The van der Waals surface area contributed by atoms with Gasteiger partial charge in [-0.2, -0.15) is 13.2 Å². The van der Waals surface area contributed by atoms with Crippen molar-refractivity contribution in [3.05, 3.63) is 29.5 Å². The normalized spacial score (nSPS) is 23.2. The van der Waals surface area contributed by atoms with Gasteiger partial charge < -0.3 is 20.3 Å². The Morgan fingerprint density at radius 2 is 2.12 bits per heavy atom. The van der Waals surface area contributed by atoms with Crippen LogP contribution in [0.1, 0.15) is 18.1 Å². The molecule has 7 nitrogen and oxygen atoms in total. The van der Waals surface area contributed by atoms with E-state index in [0.717, 1.165) is 17.9 Å². The van der Waals surface area contributed by atoms with Crippen molar-refractivity contribution in [2.24, 2.45) is 4.99 Å². The minimum absolute atomic E-state index is 0.175. The number of halogens is 3. The van der Waals surface area contributed by atoms with E-state index in [1.807, 2.05) is 0 Å². The topological polar surface area (TPSA) is 96.6 Å². The van der Waals surface area contributed by atoms with Crippen LogP contribution in [0.5, 0.6) is 5.75 Å². The summed E-state index contributed by atoms with van der Waals surface area (Å²) in [4.78, 5) is 16.4. The summed E-state index contributed by atoms with van der Waals surface area (Å²) in [7, 11) is 0. The fourth-order valence-electron chi connectivity index (χ4n) is 2.76. The summed E-state index contributed by atoms with van der Waals surface area (Å²) in [5.41, 5.74) is -4.90. The molecule has 0 aliphatic carbocycles. The molecule has 0 bridgehead atoms. The number of fused-ring (bicyclic) bond motifs is 1. The third-order valence-corrected chi connectivity index (χ3v) is 5.03. The lowest BCUT2D eigenvalue weighted by molar-refractivity contribution is -0.165. The molecule has 2 aliphatic heterocycles. The van der Waals surface area contributed by atoms with Crippen molar-refractivity contribution in [3.8, 4) is 5.75 Å². The molecule has 1 atom stereocenters.